The molecule has 9 heteroatoms. The smallest absolute Gasteiger partial charge is 0.287 e. The lowest BCUT2D eigenvalue weighted by molar-refractivity contribution is -0.385. The number of aromatic nitrogens is 1. The SMILES string of the molecule is COc1cc(C=C(C#N)c2ccc(Cl)c(Cl)c2)ccc1Oc1ccc([N+](=O)[O-])cn1. The Morgan fingerprint density at radius 1 is 1.13 bits per heavy atom. The first kappa shape index (κ1) is 21.1. The number of allylic oxidation sites excluding steroid dienone is 1. The number of hydrogen-bond donors (Lipinski definition) is 0. The highest BCUT2D eigenvalue weighted by Gasteiger charge is 2.11. The van der Waals surface area contributed by atoms with Crippen LogP contribution in [0.4, 0.5) is 5.69 Å². The van der Waals surface area contributed by atoms with Crippen LogP contribution in [0.5, 0.6) is 17.4 Å². The van der Waals surface area contributed by atoms with E-state index >= 15 is 0 Å². The first-order chi connectivity index (χ1) is 14.4. The summed E-state index contributed by atoms with van der Waals surface area (Å²) < 4.78 is 11.0. The maximum absolute atomic E-state index is 10.7. The summed E-state index contributed by atoms with van der Waals surface area (Å²) >= 11 is 12.0. The Bertz CT molecular complexity index is 1170. The topological polar surface area (TPSA) is 98.3 Å². The monoisotopic (exact) mass is 441 g/mol. The van der Waals surface area contributed by atoms with Gasteiger partial charge in [0, 0.05) is 12.1 Å². The van der Waals surface area contributed by atoms with Crippen molar-refractivity contribution >= 4 is 40.5 Å². The summed E-state index contributed by atoms with van der Waals surface area (Å²) in [5.74, 6) is 0.940. The van der Waals surface area contributed by atoms with E-state index in [2.05, 4.69) is 11.1 Å². The molecule has 0 saturated heterocycles. The Kier molecular flexibility index (Phi) is 6.52. The maximum atomic E-state index is 10.7. The zero-order valence-electron chi connectivity index (χ0n) is 15.5. The van der Waals surface area contributed by atoms with Crippen molar-refractivity contribution in [1.82, 2.24) is 4.98 Å². The maximum Gasteiger partial charge on any atom is 0.287 e. The number of nitriles is 1. The van der Waals surface area contributed by atoms with Crippen molar-refractivity contribution in [1.29, 1.82) is 5.26 Å². The van der Waals surface area contributed by atoms with Gasteiger partial charge in [-0.15, -0.1) is 0 Å². The Hall–Kier alpha value is -3.60. The van der Waals surface area contributed by atoms with Gasteiger partial charge in [0.2, 0.25) is 5.88 Å². The van der Waals surface area contributed by atoms with Crippen molar-refractivity contribution < 1.29 is 14.4 Å². The highest BCUT2D eigenvalue weighted by atomic mass is 35.5. The third-order valence-electron chi connectivity index (χ3n) is 4.00. The van der Waals surface area contributed by atoms with Crippen molar-refractivity contribution in [2.45, 2.75) is 0 Å². The Morgan fingerprint density at radius 2 is 1.93 bits per heavy atom. The second kappa shape index (κ2) is 9.27. The van der Waals surface area contributed by atoms with E-state index in [1.165, 1.54) is 19.2 Å². The summed E-state index contributed by atoms with van der Waals surface area (Å²) in [6.45, 7) is 0. The summed E-state index contributed by atoms with van der Waals surface area (Å²) in [5.41, 5.74) is 1.57. The lowest BCUT2D eigenvalue weighted by Gasteiger charge is -2.10. The van der Waals surface area contributed by atoms with Crippen LogP contribution in [0.1, 0.15) is 11.1 Å². The molecule has 0 spiro atoms. The van der Waals surface area contributed by atoms with Crippen LogP contribution >= 0.6 is 23.2 Å². The minimum Gasteiger partial charge on any atom is -0.493 e. The van der Waals surface area contributed by atoms with Crippen molar-refractivity contribution in [3.05, 3.63) is 86.0 Å². The molecule has 7 nitrogen and oxygen atoms in total. The second-order valence-corrected chi connectivity index (χ2v) is 6.74. The van der Waals surface area contributed by atoms with E-state index in [0.717, 1.165) is 6.20 Å². The Morgan fingerprint density at radius 3 is 2.53 bits per heavy atom. The van der Waals surface area contributed by atoms with Crippen LogP contribution in [0.25, 0.3) is 11.6 Å². The first-order valence-corrected chi connectivity index (χ1v) is 9.20. The van der Waals surface area contributed by atoms with Gasteiger partial charge < -0.3 is 9.47 Å². The van der Waals surface area contributed by atoms with Crippen LogP contribution in [-0.4, -0.2) is 17.0 Å². The van der Waals surface area contributed by atoms with Crippen molar-refractivity contribution in [3.63, 3.8) is 0 Å². The molecule has 2 aromatic carbocycles. The summed E-state index contributed by atoms with van der Waals surface area (Å²) in [5, 5.41) is 21.0. The number of nitro groups is 1. The molecule has 0 aliphatic rings. The molecule has 0 unspecified atom stereocenters. The van der Waals surface area contributed by atoms with Crippen LogP contribution in [0, 0.1) is 21.4 Å². The van der Waals surface area contributed by atoms with E-state index in [1.807, 2.05) is 0 Å². The number of nitrogens with zero attached hydrogens (tertiary/aromatic N) is 3. The molecule has 1 heterocycles. The third kappa shape index (κ3) is 4.87. The van der Waals surface area contributed by atoms with Gasteiger partial charge in [0.1, 0.15) is 6.20 Å². The highest BCUT2D eigenvalue weighted by molar-refractivity contribution is 6.42. The minimum atomic E-state index is -0.543. The quantitative estimate of drug-likeness (QED) is 0.196. The van der Waals surface area contributed by atoms with E-state index in [0.29, 0.717) is 38.2 Å². The Balaban J connectivity index is 1.89. The molecule has 1 aromatic heterocycles. The second-order valence-electron chi connectivity index (χ2n) is 5.92. The molecule has 3 rings (SSSR count). The number of pyridine rings is 1. The van der Waals surface area contributed by atoms with Gasteiger partial charge in [0.15, 0.2) is 11.5 Å². The molecule has 0 bridgehead atoms. The molecule has 0 fully saturated rings. The highest BCUT2D eigenvalue weighted by Crippen LogP contribution is 2.33. The van der Waals surface area contributed by atoms with Crippen LogP contribution in [0.3, 0.4) is 0 Å². The number of hydrogen-bond acceptors (Lipinski definition) is 6. The van der Waals surface area contributed by atoms with E-state index in [1.54, 1.807) is 42.5 Å². The lowest BCUT2D eigenvalue weighted by atomic mass is 10.0. The summed E-state index contributed by atoms with van der Waals surface area (Å²) in [7, 11) is 1.48. The van der Waals surface area contributed by atoms with Crippen LogP contribution < -0.4 is 9.47 Å². The van der Waals surface area contributed by atoms with E-state index in [9.17, 15) is 15.4 Å². The molecule has 0 N–H and O–H groups in total. The normalized spacial score (nSPS) is 10.9. The van der Waals surface area contributed by atoms with Crippen LogP contribution in [0.15, 0.2) is 54.7 Å². The van der Waals surface area contributed by atoms with Crippen molar-refractivity contribution in [3.8, 4) is 23.4 Å². The largest absolute Gasteiger partial charge is 0.493 e. The van der Waals surface area contributed by atoms with Gasteiger partial charge in [-0.3, -0.25) is 10.1 Å². The predicted molar refractivity (Wildman–Crippen MR) is 114 cm³/mol. The molecule has 0 radical (unpaired) electrons. The minimum absolute atomic E-state index is 0.138. The van der Waals surface area contributed by atoms with E-state index in [4.69, 9.17) is 32.7 Å². The number of benzene rings is 2. The Labute approximate surface area is 181 Å². The molecule has 0 atom stereocenters. The fraction of sp³-hybridized carbons (Fsp3) is 0.0476. The molecule has 150 valence electrons. The average Bonchev–Trinajstić information content (AvgIpc) is 2.75. The molecule has 0 aliphatic carbocycles. The van der Waals surface area contributed by atoms with E-state index < -0.39 is 4.92 Å². The molecule has 0 saturated carbocycles. The number of methoxy groups -OCH3 is 1. The average molecular weight is 442 g/mol. The van der Waals surface area contributed by atoms with Gasteiger partial charge in [0.25, 0.3) is 5.69 Å². The number of ether oxygens (including phenoxy) is 2. The van der Waals surface area contributed by atoms with Crippen LogP contribution in [-0.2, 0) is 0 Å². The van der Waals surface area contributed by atoms with Crippen molar-refractivity contribution in [2.24, 2.45) is 0 Å². The summed E-state index contributed by atoms with van der Waals surface area (Å²) in [4.78, 5) is 14.1. The lowest BCUT2D eigenvalue weighted by Crippen LogP contribution is -1.94. The van der Waals surface area contributed by atoms with Gasteiger partial charge in [0.05, 0.1) is 33.7 Å². The summed E-state index contributed by atoms with van der Waals surface area (Å²) in [6.07, 6.45) is 2.78. The van der Waals surface area contributed by atoms with Gasteiger partial charge in [-0.2, -0.15) is 5.26 Å². The standard InChI is InChI=1S/C21H13Cl2N3O4/c1-29-20-9-13(8-15(11-24)14-3-5-17(22)18(23)10-14)2-6-19(20)30-21-7-4-16(12-25-21)26(27)28/h2-10,12H,1H3. The fourth-order valence-corrected chi connectivity index (χ4v) is 2.82. The molecule has 3 aromatic rings. The van der Waals surface area contributed by atoms with Gasteiger partial charge in [-0.05, 0) is 41.5 Å². The number of rotatable bonds is 6. The fourth-order valence-electron chi connectivity index (χ4n) is 2.52. The first-order valence-electron chi connectivity index (χ1n) is 8.45. The molecule has 0 amide bonds. The van der Waals surface area contributed by atoms with Gasteiger partial charge in [-0.25, -0.2) is 4.98 Å². The zero-order valence-corrected chi connectivity index (χ0v) is 17.0. The predicted octanol–water partition coefficient (Wildman–Crippen LogP) is 6.16. The van der Waals surface area contributed by atoms with Gasteiger partial charge >= 0.3 is 0 Å². The molecular weight excluding hydrogens is 429 g/mol. The summed E-state index contributed by atoms with van der Waals surface area (Å²) in [6, 6.07) is 14.9. The van der Waals surface area contributed by atoms with Crippen molar-refractivity contribution in [2.75, 3.05) is 7.11 Å². The molecule has 30 heavy (non-hydrogen) atoms. The molecule has 0 aliphatic heterocycles. The van der Waals surface area contributed by atoms with E-state index in [-0.39, 0.29) is 11.6 Å². The third-order valence-corrected chi connectivity index (χ3v) is 4.73. The number of halogens is 2. The van der Waals surface area contributed by atoms with Gasteiger partial charge in [-0.1, -0.05) is 35.3 Å². The zero-order chi connectivity index (χ0) is 21.7. The molecular formula is C21H13Cl2N3O4. The van der Waals surface area contributed by atoms with Crippen LogP contribution in [0.2, 0.25) is 10.0 Å².